The molecular formula is C11H25N3O2. The van der Waals surface area contributed by atoms with E-state index in [1.807, 2.05) is 0 Å². The summed E-state index contributed by atoms with van der Waals surface area (Å²) in [7, 11) is 3.45. The van der Waals surface area contributed by atoms with Gasteiger partial charge in [0, 0.05) is 33.9 Å². The minimum Gasteiger partial charge on any atom is -0.382 e. The zero-order valence-electron chi connectivity index (χ0n) is 10.7. The normalized spacial score (nSPS) is 11.6. The number of ether oxygens (including phenoxy) is 2. The fourth-order valence-corrected chi connectivity index (χ4v) is 1.09. The molecular weight excluding hydrogens is 206 g/mol. The van der Waals surface area contributed by atoms with E-state index in [4.69, 9.17) is 9.47 Å². The molecule has 0 aromatic heterocycles. The Morgan fingerprint density at radius 1 is 1.12 bits per heavy atom. The Labute approximate surface area is 98.6 Å². The van der Waals surface area contributed by atoms with Gasteiger partial charge in [-0.2, -0.15) is 0 Å². The van der Waals surface area contributed by atoms with Crippen LogP contribution in [0.15, 0.2) is 4.99 Å². The molecule has 0 aromatic rings. The molecule has 5 nitrogen and oxygen atoms in total. The SMILES string of the molecule is CCCNC(=NC)NCCCOCCOC. The van der Waals surface area contributed by atoms with Crippen LogP contribution in [0.1, 0.15) is 19.8 Å². The molecule has 5 heteroatoms. The average Bonchev–Trinajstić information content (AvgIpc) is 2.32. The predicted octanol–water partition coefficient (Wildman–Crippen LogP) is 0.615. The fourth-order valence-electron chi connectivity index (χ4n) is 1.09. The fraction of sp³-hybridized carbons (Fsp3) is 0.909. The summed E-state index contributed by atoms with van der Waals surface area (Å²) in [5, 5.41) is 6.43. The third-order valence-electron chi connectivity index (χ3n) is 1.96. The van der Waals surface area contributed by atoms with Crippen molar-refractivity contribution in [3.63, 3.8) is 0 Å². The van der Waals surface area contributed by atoms with Gasteiger partial charge in [-0.05, 0) is 12.8 Å². The van der Waals surface area contributed by atoms with Gasteiger partial charge in [0.15, 0.2) is 5.96 Å². The second-order valence-corrected chi connectivity index (χ2v) is 3.38. The molecule has 0 atom stereocenters. The minimum atomic E-state index is 0.660. The third-order valence-corrected chi connectivity index (χ3v) is 1.96. The topological polar surface area (TPSA) is 54.9 Å². The molecule has 0 saturated carbocycles. The molecule has 0 saturated heterocycles. The molecule has 0 radical (unpaired) electrons. The maximum absolute atomic E-state index is 5.35. The molecule has 0 heterocycles. The number of nitrogens with zero attached hydrogens (tertiary/aromatic N) is 1. The van der Waals surface area contributed by atoms with E-state index < -0.39 is 0 Å². The van der Waals surface area contributed by atoms with E-state index in [9.17, 15) is 0 Å². The van der Waals surface area contributed by atoms with Crippen LogP contribution >= 0.6 is 0 Å². The van der Waals surface area contributed by atoms with E-state index in [-0.39, 0.29) is 0 Å². The second-order valence-electron chi connectivity index (χ2n) is 3.38. The molecule has 0 aliphatic carbocycles. The average molecular weight is 231 g/mol. The Morgan fingerprint density at radius 3 is 2.50 bits per heavy atom. The molecule has 0 bridgehead atoms. The maximum atomic E-state index is 5.35. The standard InChI is InChI=1S/C11H25N3O2/c1-4-6-13-11(12-2)14-7-5-8-16-10-9-15-3/h4-10H2,1-3H3,(H2,12,13,14). The van der Waals surface area contributed by atoms with Crippen LogP contribution in [0.25, 0.3) is 0 Å². The van der Waals surface area contributed by atoms with Gasteiger partial charge in [0.1, 0.15) is 0 Å². The van der Waals surface area contributed by atoms with E-state index in [0.29, 0.717) is 13.2 Å². The Balaban J connectivity index is 3.28. The first-order valence-corrected chi connectivity index (χ1v) is 5.86. The first kappa shape index (κ1) is 15.2. The molecule has 0 fully saturated rings. The molecule has 0 spiro atoms. The van der Waals surface area contributed by atoms with Crippen LogP contribution < -0.4 is 10.6 Å². The highest BCUT2D eigenvalue weighted by atomic mass is 16.5. The summed E-state index contributed by atoms with van der Waals surface area (Å²) in [4.78, 5) is 4.11. The van der Waals surface area contributed by atoms with Crippen molar-refractivity contribution in [2.24, 2.45) is 4.99 Å². The van der Waals surface area contributed by atoms with Gasteiger partial charge in [-0.15, -0.1) is 0 Å². The van der Waals surface area contributed by atoms with Gasteiger partial charge in [-0.3, -0.25) is 4.99 Å². The number of guanidine groups is 1. The summed E-state index contributed by atoms with van der Waals surface area (Å²) in [6.07, 6.45) is 2.07. The van der Waals surface area contributed by atoms with Gasteiger partial charge < -0.3 is 20.1 Å². The first-order valence-electron chi connectivity index (χ1n) is 5.86. The summed E-state index contributed by atoms with van der Waals surface area (Å²) >= 11 is 0. The Kier molecular flexibility index (Phi) is 11.6. The summed E-state index contributed by atoms with van der Waals surface area (Å²) in [6.45, 7) is 6.03. The van der Waals surface area contributed by atoms with Crippen LogP contribution in [-0.2, 0) is 9.47 Å². The van der Waals surface area contributed by atoms with Crippen LogP contribution in [0.5, 0.6) is 0 Å². The van der Waals surface area contributed by atoms with Crippen molar-refractivity contribution in [1.82, 2.24) is 10.6 Å². The second kappa shape index (κ2) is 12.3. The molecule has 0 unspecified atom stereocenters. The highest BCUT2D eigenvalue weighted by molar-refractivity contribution is 5.79. The molecule has 0 aliphatic heterocycles. The van der Waals surface area contributed by atoms with Gasteiger partial charge >= 0.3 is 0 Å². The van der Waals surface area contributed by atoms with Crippen molar-refractivity contribution in [3.05, 3.63) is 0 Å². The molecule has 16 heavy (non-hydrogen) atoms. The lowest BCUT2D eigenvalue weighted by atomic mass is 10.4. The Bertz CT molecular complexity index is 175. The zero-order valence-corrected chi connectivity index (χ0v) is 10.7. The van der Waals surface area contributed by atoms with E-state index in [1.165, 1.54) is 0 Å². The maximum Gasteiger partial charge on any atom is 0.190 e. The summed E-state index contributed by atoms with van der Waals surface area (Å²) in [5.41, 5.74) is 0. The van der Waals surface area contributed by atoms with Gasteiger partial charge in [0.25, 0.3) is 0 Å². The smallest absolute Gasteiger partial charge is 0.190 e. The lowest BCUT2D eigenvalue weighted by Crippen LogP contribution is -2.38. The highest BCUT2D eigenvalue weighted by Crippen LogP contribution is 1.82. The number of rotatable bonds is 9. The summed E-state index contributed by atoms with van der Waals surface area (Å²) < 4.78 is 10.2. The predicted molar refractivity (Wildman–Crippen MR) is 67.0 cm³/mol. The molecule has 96 valence electrons. The van der Waals surface area contributed by atoms with Crippen molar-refractivity contribution in [1.29, 1.82) is 0 Å². The Morgan fingerprint density at radius 2 is 1.88 bits per heavy atom. The van der Waals surface area contributed by atoms with Crippen molar-refractivity contribution in [2.75, 3.05) is 47.1 Å². The number of aliphatic imine (C=N–C) groups is 1. The van der Waals surface area contributed by atoms with Crippen molar-refractivity contribution in [2.45, 2.75) is 19.8 Å². The lowest BCUT2D eigenvalue weighted by molar-refractivity contribution is 0.0698. The largest absolute Gasteiger partial charge is 0.382 e. The molecule has 0 rings (SSSR count). The first-order chi connectivity index (χ1) is 7.85. The van der Waals surface area contributed by atoms with Crippen molar-refractivity contribution >= 4 is 5.96 Å². The highest BCUT2D eigenvalue weighted by Gasteiger charge is 1.94. The Hall–Kier alpha value is -0.810. The van der Waals surface area contributed by atoms with Gasteiger partial charge in [0.05, 0.1) is 13.2 Å². The quantitative estimate of drug-likeness (QED) is 0.347. The zero-order chi connectivity index (χ0) is 12.1. The molecule has 2 N–H and O–H groups in total. The van der Waals surface area contributed by atoms with Crippen LogP contribution in [0.2, 0.25) is 0 Å². The number of nitrogens with one attached hydrogen (secondary N) is 2. The number of methoxy groups -OCH3 is 1. The monoisotopic (exact) mass is 231 g/mol. The van der Waals surface area contributed by atoms with E-state index in [2.05, 4.69) is 22.5 Å². The molecule has 0 aromatic carbocycles. The van der Waals surface area contributed by atoms with Gasteiger partial charge in [0.2, 0.25) is 0 Å². The molecule has 0 amide bonds. The lowest BCUT2D eigenvalue weighted by Gasteiger charge is -2.10. The number of hydrogen-bond donors (Lipinski definition) is 2. The van der Waals surface area contributed by atoms with Gasteiger partial charge in [-0.25, -0.2) is 0 Å². The van der Waals surface area contributed by atoms with Crippen LogP contribution in [-0.4, -0.2) is 53.0 Å². The molecule has 0 aliphatic rings. The van der Waals surface area contributed by atoms with Crippen LogP contribution in [0.3, 0.4) is 0 Å². The van der Waals surface area contributed by atoms with Crippen LogP contribution in [0.4, 0.5) is 0 Å². The third kappa shape index (κ3) is 9.73. The summed E-state index contributed by atoms with van der Waals surface area (Å²) in [6, 6.07) is 0. The minimum absolute atomic E-state index is 0.660. The van der Waals surface area contributed by atoms with Crippen molar-refractivity contribution < 1.29 is 9.47 Å². The number of hydrogen-bond acceptors (Lipinski definition) is 3. The van der Waals surface area contributed by atoms with E-state index >= 15 is 0 Å². The van der Waals surface area contributed by atoms with E-state index in [0.717, 1.165) is 38.5 Å². The van der Waals surface area contributed by atoms with Gasteiger partial charge in [-0.1, -0.05) is 6.92 Å². The van der Waals surface area contributed by atoms with Crippen LogP contribution in [0, 0.1) is 0 Å². The summed E-state index contributed by atoms with van der Waals surface area (Å²) in [5.74, 6) is 0.860. The van der Waals surface area contributed by atoms with E-state index in [1.54, 1.807) is 14.2 Å². The van der Waals surface area contributed by atoms with Crippen molar-refractivity contribution in [3.8, 4) is 0 Å².